The Morgan fingerprint density at radius 1 is 0.900 bits per heavy atom. The summed E-state index contributed by atoms with van der Waals surface area (Å²) in [6.07, 6.45) is 3.43. The second-order valence-electron chi connectivity index (χ2n) is 5.04. The van der Waals surface area contributed by atoms with E-state index in [1.54, 1.807) is 12.4 Å². The van der Waals surface area contributed by atoms with Crippen molar-refractivity contribution in [3.8, 4) is 0 Å². The number of aromatic nitrogens is 2. The van der Waals surface area contributed by atoms with E-state index in [1.807, 2.05) is 18.2 Å². The minimum atomic E-state index is 0.819. The predicted octanol–water partition coefficient (Wildman–Crippen LogP) is 3.86. The molecule has 0 fully saturated rings. The number of hydrogen-bond acceptors (Lipinski definition) is 3. The maximum absolute atomic E-state index is 4.33. The fraction of sp³-hybridized carbons (Fsp3) is 0.176. The van der Waals surface area contributed by atoms with E-state index < -0.39 is 0 Å². The molecule has 0 aliphatic heterocycles. The molecule has 20 heavy (non-hydrogen) atoms. The van der Waals surface area contributed by atoms with Gasteiger partial charge >= 0.3 is 0 Å². The van der Waals surface area contributed by atoms with Gasteiger partial charge in [0.2, 0.25) is 0 Å². The van der Waals surface area contributed by atoms with Gasteiger partial charge in [0.05, 0.1) is 11.0 Å². The quantitative estimate of drug-likeness (QED) is 0.779. The summed E-state index contributed by atoms with van der Waals surface area (Å²) in [4.78, 5) is 8.60. The van der Waals surface area contributed by atoms with Crippen LogP contribution in [0.3, 0.4) is 0 Å². The molecular formula is C17H17N3. The molecule has 1 heterocycles. The van der Waals surface area contributed by atoms with E-state index in [2.05, 4.69) is 47.3 Å². The Labute approximate surface area is 118 Å². The van der Waals surface area contributed by atoms with Crippen molar-refractivity contribution in [2.75, 3.05) is 5.32 Å². The Hall–Kier alpha value is -2.42. The third-order valence-electron chi connectivity index (χ3n) is 3.46. The minimum Gasteiger partial charge on any atom is -0.381 e. The predicted molar refractivity (Wildman–Crippen MR) is 82.8 cm³/mol. The monoisotopic (exact) mass is 263 g/mol. The number of aryl methyl sites for hydroxylation is 2. The topological polar surface area (TPSA) is 37.8 Å². The summed E-state index contributed by atoms with van der Waals surface area (Å²) in [5, 5.41) is 3.45. The average Bonchev–Trinajstić information content (AvgIpc) is 2.48. The first-order chi connectivity index (χ1) is 9.72. The van der Waals surface area contributed by atoms with Crippen LogP contribution in [-0.4, -0.2) is 9.97 Å². The van der Waals surface area contributed by atoms with Gasteiger partial charge in [-0.1, -0.05) is 23.8 Å². The standard InChI is InChI=1S/C17H17N3/c1-12-3-4-13(2)14(9-12)11-20-15-5-6-16-17(10-15)19-8-7-18-16/h3-10,20H,11H2,1-2H3. The summed E-state index contributed by atoms with van der Waals surface area (Å²) < 4.78 is 0. The van der Waals surface area contributed by atoms with Crippen LogP contribution in [0.5, 0.6) is 0 Å². The first kappa shape index (κ1) is 12.6. The van der Waals surface area contributed by atoms with Crippen molar-refractivity contribution in [3.63, 3.8) is 0 Å². The van der Waals surface area contributed by atoms with Crippen molar-refractivity contribution in [2.45, 2.75) is 20.4 Å². The molecule has 0 saturated heterocycles. The summed E-state index contributed by atoms with van der Waals surface area (Å²) in [6.45, 7) is 5.08. The van der Waals surface area contributed by atoms with Crippen LogP contribution >= 0.6 is 0 Å². The lowest BCUT2D eigenvalue weighted by molar-refractivity contribution is 1.11. The van der Waals surface area contributed by atoms with Crippen molar-refractivity contribution in [1.82, 2.24) is 9.97 Å². The van der Waals surface area contributed by atoms with E-state index in [-0.39, 0.29) is 0 Å². The number of rotatable bonds is 3. The van der Waals surface area contributed by atoms with Crippen LogP contribution in [0.15, 0.2) is 48.8 Å². The van der Waals surface area contributed by atoms with E-state index in [0.717, 1.165) is 23.3 Å². The Morgan fingerprint density at radius 3 is 2.55 bits per heavy atom. The Morgan fingerprint density at radius 2 is 1.70 bits per heavy atom. The number of nitrogens with one attached hydrogen (secondary N) is 1. The van der Waals surface area contributed by atoms with Gasteiger partial charge in [0, 0.05) is 24.6 Å². The zero-order valence-electron chi connectivity index (χ0n) is 11.7. The Bertz CT molecular complexity index is 750. The zero-order valence-corrected chi connectivity index (χ0v) is 11.7. The first-order valence-corrected chi connectivity index (χ1v) is 6.73. The van der Waals surface area contributed by atoms with Crippen LogP contribution in [-0.2, 0) is 6.54 Å². The number of benzene rings is 2. The molecule has 0 atom stereocenters. The van der Waals surface area contributed by atoms with E-state index in [4.69, 9.17) is 0 Å². The van der Waals surface area contributed by atoms with Crippen molar-refractivity contribution < 1.29 is 0 Å². The van der Waals surface area contributed by atoms with Crippen LogP contribution in [0.2, 0.25) is 0 Å². The molecule has 0 amide bonds. The third kappa shape index (κ3) is 2.62. The molecule has 100 valence electrons. The molecule has 0 aliphatic carbocycles. The van der Waals surface area contributed by atoms with E-state index in [1.165, 1.54) is 16.7 Å². The lowest BCUT2D eigenvalue weighted by Gasteiger charge is -2.10. The molecule has 0 bridgehead atoms. The smallest absolute Gasteiger partial charge is 0.0907 e. The number of hydrogen-bond donors (Lipinski definition) is 1. The fourth-order valence-corrected chi connectivity index (χ4v) is 2.26. The van der Waals surface area contributed by atoms with Crippen molar-refractivity contribution >= 4 is 16.7 Å². The highest BCUT2D eigenvalue weighted by Gasteiger charge is 2.01. The van der Waals surface area contributed by atoms with Gasteiger partial charge in [0.1, 0.15) is 0 Å². The van der Waals surface area contributed by atoms with Gasteiger partial charge in [-0.2, -0.15) is 0 Å². The number of anilines is 1. The summed E-state index contributed by atoms with van der Waals surface area (Å²) >= 11 is 0. The molecule has 0 unspecified atom stereocenters. The molecule has 3 nitrogen and oxygen atoms in total. The lowest BCUT2D eigenvalue weighted by atomic mass is 10.1. The molecule has 0 saturated carbocycles. The minimum absolute atomic E-state index is 0.819. The van der Waals surface area contributed by atoms with E-state index in [0.29, 0.717) is 0 Å². The first-order valence-electron chi connectivity index (χ1n) is 6.73. The lowest BCUT2D eigenvalue weighted by Crippen LogP contribution is -2.01. The number of fused-ring (bicyclic) bond motifs is 1. The van der Waals surface area contributed by atoms with Gasteiger partial charge in [-0.25, -0.2) is 0 Å². The maximum Gasteiger partial charge on any atom is 0.0907 e. The molecule has 3 heteroatoms. The average molecular weight is 263 g/mol. The maximum atomic E-state index is 4.33. The van der Waals surface area contributed by atoms with Gasteiger partial charge in [-0.15, -0.1) is 0 Å². The van der Waals surface area contributed by atoms with E-state index in [9.17, 15) is 0 Å². The fourth-order valence-electron chi connectivity index (χ4n) is 2.26. The molecule has 3 aromatic rings. The normalized spacial score (nSPS) is 10.7. The highest BCUT2D eigenvalue weighted by molar-refractivity contribution is 5.78. The van der Waals surface area contributed by atoms with Crippen LogP contribution < -0.4 is 5.32 Å². The zero-order chi connectivity index (χ0) is 13.9. The van der Waals surface area contributed by atoms with Crippen LogP contribution in [0, 0.1) is 13.8 Å². The second kappa shape index (κ2) is 5.29. The second-order valence-corrected chi connectivity index (χ2v) is 5.04. The highest BCUT2D eigenvalue weighted by atomic mass is 14.9. The van der Waals surface area contributed by atoms with Crippen molar-refractivity contribution in [1.29, 1.82) is 0 Å². The highest BCUT2D eigenvalue weighted by Crippen LogP contribution is 2.17. The summed E-state index contributed by atoms with van der Waals surface area (Å²) in [5.74, 6) is 0. The van der Waals surface area contributed by atoms with Crippen molar-refractivity contribution in [3.05, 3.63) is 65.5 Å². The molecular weight excluding hydrogens is 246 g/mol. The van der Waals surface area contributed by atoms with E-state index >= 15 is 0 Å². The molecule has 0 aliphatic rings. The molecule has 3 rings (SSSR count). The van der Waals surface area contributed by atoms with Gasteiger partial charge in [0.15, 0.2) is 0 Å². The van der Waals surface area contributed by atoms with Gasteiger partial charge in [-0.05, 0) is 43.2 Å². The van der Waals surface area contributed by atoms with Crippen LogP contribution in [0.4, 0.5) is 5.69 Å². The molecule has 0 spiro atoms. The van der Waals surface area contributed by atoms with Crippen LogP contribution in [0.1, 0.15) is 16.7 Å². The molecule has 0 radical (unpaired) electrons. The largest absolute Gasteiger partial charge is 0.381 e. The summed E-state index contributed by atoms with van der Waals surface area (Å²) in [6, 6.07) is 12.6. The molecule has 2 aromatic carbocycles. The van der Waals surface area contributed by atoms with Gasteiger partial charge in [-0.3, -0.25) is 9.97 Å². The molecule has 1 N–H and O–H groups in total. The summed E-state index contributed by atoms with van der Waals surface area (Å²) in [7, 11) is 0. The number of nitrogens with zero attached hydrogens (tertiary/aromatic N) is 2. The van der Waals surface area contributed by atoms with Crippen molar-refractivity contribution in [2.24, 2.45) is 0 Å². The van der Waals surface area contributed by atoms with Gasteiger partial charge in [0.25, 0.3) is 0 Å². The third-order valence-corrected chi connectivity index (χ3v) is 3.46. The summed E-state index contributed by atoms with van der Waals surface area (Å²) in [5.41, 5.74) is 6.83. The van der Waals surface area contributed by atoms with Crippen LogP contribution in [0.25, 0.3) is 11.0 Å². The Kier molecular flexibility index (Phi) is 3.33. The Balaban J connectivity index is 1.81. The SMILES string of the molecule is Cc1ccc(C)c(CNc2ccc3nccnc3c2)c1. The van der Waals surface area contributed by atoms with Gasteiger partial charge < -0.3 is 5.32 Å². The molecule has 1 aromatic heterocycles.